The van der Waals surface area contributed by atoms with Crippen molar-refractivity contribution in [1.82, 2.24) is 15.5 Å². The van der Waals surface area contributed by atoms with Crippen molar-refractivity contribution >= 4 is 23.1 Å². The van der Waals surface area contributed by atoms with Crippen molar-refractivity contribution in [3.63, 3.8) is 0 Å². The SMILES string of the molecule is O=C(Cc1cccc(F)c1)N[C@@H]1CCN(c2cc(-c3cccs3)[nH]n2)C1. The lowest BCUT2D eigenvalue weighted by Gasteiger charge is -2.16. The molecule has 1 saturated heterocycles. The summed E-state index contributed by atoms with van der Waals surface area (Å²) < 4.78 is 13.2. The lowest BCUT2D eigenvalue weighted by atomic mass is 10.1. The van der Waals surface area contributed by atoms with Gasteiger partial charge < -0.3 is 10.2 Å². The van der Waals surface area contributed by atoms with Crippen molar-refractivity contribution in [2.75, 3.05) is 18.0 Å². The Morgan fingerprint density at radius 3 is 3.08 bits per heavy atom. The third-order valence-corrected chi connectivity index (χ3v) is 5.39. The van der Waals surface area contributed by atoms with Gasteiger partial charge in [-0.3, -0.25) is 9.89 Å². The number of hydrogen-bond donors (Lipinski definition) is 2. The number of H-pyrrole nitrogens is 1. The molecule has 1 atom stereocenters. The summed E-state index contributed by atoms with van der Waals surface area (Å²) in [7, 11) is 0. The maximum absolute atomic E-state index is 13.2. The Kier molecular flexibility index (Phi) is 4.71. The minimum atomic E-state index is -0.317. The number of nitrogens with zero attached hydrogens (tertiary/aromatic N) is 2. The van der Waals surface area contributed by atoms with Crippen molar-refractivity contribution in [2.45, 2.75) is 18.9 Å². The number of aromatic amines is 1. The minimum Gasteiger partial charge on any atom is -0.353 e. The van der Waals surface area contributed by atoms with E-state index in [1.54, 1.807) is 23.5 Å². The summed E-state index contributed by atoms with van der Waals surface area (Å²) >= 11 is 1.67. The van der Waals surface area contributed by atoms with E-state index in [1.807, 2.05) is 17.5 Å². The molecule has 134 valence electrons. The summed E-state index contributed by atoms with van der Waals surface area (Å²) in [5.74, 6) is 0.501. The molecule has 0 aliphatic carbocycles. The summed E-state index contributed by atoms with van der Waals surface area (Å²) in [5, 5.41) is 12.6. The predicted molar refractivity (Wildman–Crippen MR) is 101 cm³/mol. The number of aromatic nitrogens is 2. The fourth-order valence-corrected chi connectivity index (χ4v) is 3.92. The van der Waals surface area contributed by atoms with Crippen LogP contribution in [0.4, 0.5) is 10.2 Å². The van der Waals surface area contributed by atoms with Crippen LogP contribution in [0.3, 0.4) is 0 Å². The largest absolute Gasteiger partial charge is 0.353 e. The van der Waals surface area contributed by atoms with E-state index < -0.39 is 0 Å². The molecule has 3 aromatic rings. The number of amides is 1. The van der Waals surface area contributed by atoms with Crippen LogP contribution in [-0.2, 0) is 11.2 Å². The van der Waals surface area contributed by atoms with Crippen molar-refractivity contribution in [3.05, 3.63) is 59.2 Å². The van der Waals surface area contributed by atoms with Crippen LogP contribution in [0.15, 0.2) is 47.8 Å². The first-order chi connectivity index (χ1) is 12.7. The topological polar surface area (TPSA) is 61.0 Å². The van der Waals surface area contributed by atoms with Gasteiger partial charge in [-0.1, -0.05) is 18.2 Å². The van der Waals surface area contributed by atoms with Gasteiger partial charge in [-0.25, -0.2) is 4.39 Å². The number of carbonyl (C=O) groups is 1. The second kappa shape index (κ2) is 7.29. The Balaban J connectivity index is 1.33. The zero-order valence-electron chi connectivity index (χ0n) is 14.1. The zero-order valence-corrected chi connectivity index (χ0v) is 14.9. The van der Waals surface area contributed by atoms with Crippen LogP contribution in [0, 0.1) is 5.82 Å². The highest BCUT2D eigenvalue weighted by Gasteiger charge is 2.25. The van der Waals surface area contributed by atoms with Crippen molar-refractivity contribution < 1.29 is 9.18 Å². The highest BCUT2D eigenvalue weighted by atomic mass is 32.1. The van der Waals surface area contributed by atoms with Gasteiger partial charge in [-0.05, 0) is 35.6 Å². The van der Waals surface area contributed by atoms with Crippen molar-refractivity contribution in [3.8, 4) is 10.6 Å². The third kappa shape index (κ3) is 3.77. The minimum absolute atomic E-state index is 0.0799. The molecule has 5 nitrogen and oxygen atoms in total. The Labute approximate surface area is 154 Å². The van der Waals surface area contributed by atoms with Gasteiger partial charge in [0, 0.05) is 25.2 Å². The first-order valence-electron chi connectivity index (χ1n) is 8.55. The molecule has 26 heavy (non-hydrogen) atoms. The molecule has 0 unspecified atom stereocenters. The Morgan fingerprint density at radius 1 is 1.35 bits per heavy atom. The van der Waals surface area contributed by atoms with E-state index in [2.05, 4.69) is 26.5 Å². The number of benzene rings is 1. The third-order valence-electron chi connectivity index (χ3n) is 4.48. The van der Waals surface area contributed by atoms with E-state index in [-0.39, 0.29) is 24.2 Å². The Morgan fingerprint density at radius 2 is 2.27 bits per heavy atom. The van der Waals surface area contributed by atoms with Crippen LogP contribution in [0.2, 0.25) is 0 Å². The van der Waals surface area contributed by atoms with Crippen LogP contribution < -0.4 is 10.2 Å². The molecule has 0 spiro atoms. The fourth-order valence-electron chi connectivity index (χ4n) is 3.23. The molecule has 1 aliphatic rings. The summed E-state index contributed by atoms with van der Waals surface area (Å²) in [4.78, 5) is 15.5. The number of rotatable bonds is 5. The molecule has 7 heteroatoms. The molecule has 1 aromatic carbocycles. The van der Waals surface area contributed by atoms with E-state index in [0.29, 0.717) is 5.56 Å². The molecular weight excluding hydrogens is 351 g/mol. The molecule has 2 aromatic heterocycles. The van der Waals surface area contributed by atoms with Gasteiger partial charge in [-0.2, -0.15) is 5.10 Å². The molecule has 0 radical (unpaired) electrons. The number of anilines is 1. The fraction of sp³-hybridized carbons (Fsp3) is 0.263. The van der Waals surface area contributed by atoms with Gasteiger partial charge >= 0.3 is 0 Å². The second-order valence-electron chi connectivity index (χ2n) is 6.42. The maximum Gasteiger partial charge on any atom is 0.224 e. The maximum atomic E-state index is 13.2. The monoisotopic (exact) mass is 370 g/mol. The number of carbonyl (C=O) groups excluding carboxylic acids is 1. The van der Waals surface area contributed by atoms with E-state index in [0.717, 1.165) is 35.9 Å². The van der Waals surface area contributed by atoms with E-state index >= 15 is 0 Å². The average Bonchev–Trinajstić information content (AvgIpc) is 3.35. The highest BCUT2D eigenvalue weighted by molar-refractivity contribution is 7.13. The Hall–Kier alpha value is -2.67. The predicted octanol–water partition coefficient (Wildman–Crippen LogP) is 3.21. The average molecular weight is 370 g/mol. The van der Waals surface area contributed by atoms with Crippen LogP contribution >= 0.6 is 11.3 Å². The number of halogens is 1. The van der Waals surface area contributed by atoms with Crippen LogP contribution in [0.5, 0.6) is 0 Å². The molecular formula is C19H19FN4OS. The normalized spacial score (nSPS) is 16.8. The van der Waals surface area contributed by atoms with Gasteiger partial charge in [0.25, 0.3) is 0 Å². The molecule has 3 heterocycles. The van der Waals surface area contributed by atoms with Gasteiger partial charge in [0.15, 0.2) is 5.82 Å². The van der Waals surface area contributed by atoms with Crippen molar-refractivity contribution in [1.29, 1.82) is 0 Å². The molecule has 1 fully saturated rings. The van der Waals surface area contributed by atoms with Gasteiger partial charge in [-0.15, -0.1) is 11.3 Å². The molecule has 1 amide bonds. The van der Waals surface area contributed by atoms with Crippen molar-refractivity contribution in [2.24, 2.45) is 0 Å². The lowest BCUT2D eigenvalue weighted by Crippen LogP contribution is -2.38. The standard InChI is InChI=1S/C19H19FN4OS/c20-14-4-1-3-13(9-14)10-19(25)21-15-6-7-24(12-15)18-11-16(22-23-18)17-5-2-8-26-17/h1-5,8-9,11,15H,6-7,10,12H2,(H,21,25)(H,22,23)/t15-/m1/s1. The number of nitrogens with one attached hydrogen (secondary N) is 2. The molecule has 0 saturated carbocycles. The van der Waals surface area contributed by atoms with E-state index in [4.69, 9.17) is 0 Å². The molecule has 4 rings (SSSR count). The van der Waals surface area contributed by atoms with Gasteiger partial charge in [0.05, 0.1) is 17.0 Å². The molecule has 1 aliphatic heterocycles. The lowest BCUT2D eigenvalue weighted by molar-refractivity contribution is -0.121. The summed E-state index contributed by atoms with van der Waals surface area (Å²) in [5.41, 5.74) is 1.69. The Bertz CT molecular complexity index is 893. The molecule has 0 bridgehead atoms. The summed E-state index contributed by atoms with van der Waals surface area (Å²) in [6.45, 7) is 1.57. The van der Waals surface area contributed by atoms with E-state index in [9.17, 15) is 9.18 Å². The van der Waals surface area contributed by atoms with E-state index in [1.165, 1.54) is 12.1 Å². The van der Waals surface area contributed by atoms with Crippen LogP contribution in [0.25, 0.3) is 10.6 Å². The van der Waals surface area contributed by atoms with Crippen LogP contribution in [-0.4, -0.2) is 35.2 Å². The first kappa shape index (κ1) is 16.8. The van der Waals surface area contributed by atoms with Crippen LogP contribution in [0.1, 0.15) is 12.0 Å². The molecule has 2 N–H and O–H groups in total. The van der Waals surface area contributed by atoms with Gasteiger partial charge in [0.2, 0.25) is 5.91 Å². The number of hydrogen-bond acceptors (Lipinski definition) is 4. The second-order valence-corrected chi connectivity index (χ2v) is 7.37. The highest BCUT2D eigenvalue weighted by Crippen LogP contribution is 2.27. The quantitative estimate of drug-likeness (QED) is 0.725. The first-order valence-corrected chi connectivity index (χ1v) is 9.43. The summed E-state index contributed by atoms with van der Waals surface area (Å²) in [6.07, 6.45) is 1.06. The number of thiophene rings is 1. The smallest absolute Gasteiger partial charge is 0.224 e. The summed E-state index contributed by atoms with van der Waals surface area (Å²) in [6, 6.07) is 12.4. The van der Waals surface area contributed by atoms with Gasteiger partial charge in [0.1, 0.15) is 5.82 Å². The zero-order chi connectivity index (χ0) is 17.9.